The number of carbonyl (C=O) groups is 1. The van der Waals surface area contributed by atoms with Gasteiger partial charge in [0.2, 0.25) is 5.91 Å². The van der Waals surface area contributed by atoms with E-state index in [1.165, 1.54) is 37.8 Å². The van der Waals surface area contributed by atoms with Gasteiger partial charge >= 0.3 is 0 Å². The lowest BCUT2D eigenvalue weighted by Crippen LogP contribution is -2.34. The molecule has 5 nitrogen and oxygen atoms in total. The molecule has 1 aliphatic heterocycles. The maximum Gasteiger partial charge on any atom is 0.246 e. The van der Waals surface area contributed by atoms with Crippen LogP contribution in [0.1, 0.15) is 50.2 Å². The summed E-state index contributed by atoms with van der Waals surface area (Å²) in [5, 5.41) is 9.08. The van der Waals surface area contributed by atoms with E-state index in [0.29, 0.717) is 12.8 Å². The highest BCUT2D eigenvalue weighted by atomic mass is 19.1. The number of hydrogen-bond acceptors (Lipinski definition) is 4. The summed E-state index contributed by atoms with van der Waals surface area (Å²) in [4.78, 5) is 14.5. The SMILES string of the molecule is CO[C@H](C[C@H](CCN1CCCCCC1)C(=O)NO)c1ccc(F)cc1. The number of nitrogens with zero attached hydrogens (tertiary/aromatic N) is 1. The Balaban J connectivity index is 1.97. The highest BCUT2D eigenvalue weighted by molar-refractivity contribution is 5.77. The van der Waals surface area contributed by atoms with Crippen molar-refractivity contribution in [2.75, 3.05) is 26.7 Å². The summed E-state index contributed by atoms with van der Waals surface area (Å²) in [5.41, 5.74) is 2.61. The molecule has 0 radical (unpaired) electrons. The molecule has 1 aliphatic rings. The number of methoxy groups -OCH3 is 1. The number of hydroxylamine groups is 1. The summed E-state index contributed by atoms with van der Waals surface area (Å²) in [6.07, 6.45) is 5.74. The van der Waals surface area contributed by atoms with Crippen molar-refractivity contribution in [2.24, 2.45) is 5.92 Å². The number of benzene rings is 1. The first kappa shape index (κ1) is 19.8. The highest BCUT2D eigenvalue weighted by Gasteiger charge is 2.25. The molecule has 0 spiro atoms. The smallest absolute Gasteiger partial charge is 0.246 e. The van der Waals surface area contributed by atoms with E-state index in [-0.39, 0.29) is 23.7 Å². The molecule has 140 valence electrons. The van der Waals surface area contributed by atoms with Crippen molar-refractivity contribution in [1.29, 1.82) is 0 Å². The summed E-state index contributed by atoms with van der Waals surface area (Å²) < 4.78 is 18.6. The fourth-order valence-corrected chi connectivity index (χ4v) is 3.45. The molecule has 1 fully saturated rings. The molecular weight excluding hydrogens is 323 g/mol. The zero-order valence-electron chi connectivity index (χ0n) is 14.9. The Morgan fingerprint density at radius 2 is 1.88 bits per heavy atom. The second kappa shape index (κ2) is 10.5. The first-order valence-electron chi connectivity index (χ1n) is 9.08. The molecule has 0 saturated carbocycles. The van der Waals surface area contributed by atoms with Gasteiger partial charge in [-0.05, 0) is 63.0 Å². The quantitative estimate of drug-likeness (QED) is 0.557. The Bertz CT molecular complexity index is 516. The minimum Gasteiger partial charge on any atom is -0.377 e. The number of rotatable bonds is 8. The van der Waals surface area contributed by atoms with Crippen molar-refractivity contribution >= 4 is 5.91 Å². The van der Waals surface area contributed by atoms with Crippen LogP contribution in [0, 0.1) is 11.7 Å². The van der Waals surface area contributed by atoms with Crippen molar-refractivity contribution < 1.29 is 19.1 Å². The average molecular weight is 352 g/mol. The van der Waals surface area contributed by atoms with Gasteiger partial charge in [-0.25, -0.2) is 9.87 Å². The van der Waals surface area contributed by atoms with E-state index in [0.717, 1.165) is 25.2 Å². The van der Waals surface area contributed by atoms with Crippen LogP contribution in [-0.4, -0.2) is 42.8 Å². The number of carbonyl (C=O) groups excluding carboxylic acids is 1. The van der Waals surface area contributed by atoms with Crippen molar-refractivity contribution in [1.82, 2.24) is 10.4 Å². The maximum atomic E-state index is 13.1. The molecule has 0 aromatic heterocycles. The largest absolute Gasteiger partial charge is 0.377 e. The Labute approximate surface area is 149 Å². The monoisotopic (exact) mass is 352 g/mol. The first-order valence-corrected chi connectivity index (χ1v) is 9.08. The molecule has 6 heteroatoms. The zero-order chi connectivity index (χ0) is 18.1. The molecule has 2 rings (SSSR count). The van der Waals surface area contributed by atoms with Crippen LogP contribution < -0.4 is 5.48 Å². The van der Waals surface area contributed by atoms with Gasteiger partial charge in [-0.1, -0.05) is 25.0 Å². The van der Waals surface area contributed by atoms with Crippen molar-refractivity contribution in [3.8, 4) is 0 Å². The topological polar surface area (TPSA) is 61.8 Å². The summed E-state index contributed by atoms with van der Waals surface area (Å²) in [7, 11) is 1.58. The van der Waals surface area contributed by atoms with Crippen LogP contribution in [0.4, 0.5) is 4.39 Å². The van der Waals surface area contributed by atoms with Gasteiger partial charge in [0.05, 0.1) is 6.10 Å². The van der Waals surface area contributed by atoms with E-state index in [4.69, 9.17) is 9.94 Å². The Morgan fingerprint density at radius 1 is 1.24 bits per heavy atom. The number of halogens is 1. The molecule has 1 aromatic carbocycles. The lowest BCUT2D eigenvalue weighted by Gasteiger charge is -2.25. The van der Waals surface area contributed by atoms with E-state index in [9.17, 15) is 9.18 Å². The third kappa shape index (κ3) is 6.38. The fraction of sp³-hybridized carbons (Fsp3) is 0.632. The van der Waals surface area contributed by atoms with E-state index in [1.807, 2.05) is 0 Å². The molecule has 2 atom stereocenters. The number of hydrogen-bond donors (Lipinski definition) is 2. The molecule has 1 amide bonds. The number of nitrogens with one attached hydrogen (secondary N) is 1. The van der Waals surface area contributed by atoms with Crippen LogP contribution in [0.25, 0.3) is 0 Å². The summed E-state index contributed by atoms with van der Waals surface area (Å²) in [5.74, 6) is -1.05. The van der Waals surface area contributed by atoms with Crippen LogP contribution in [-0.2, 0) is 9.53 Å². The van der Waals surface area contributed by atoms with Crippen molar-refractivity contribution in [3.05, 3.63) is 35.6 Å². The van der Waals surface area contributed by atoms with E-state index in [2.05, 4.69) is 4.90 Å². The highest BCUT2D eigenvalue weighted by Crippen LogP contribution is 2.27. The lowest BCUT2D eigenvalue weighted by atomic mass is 9.93. The Hall–Kier alpha value is -1.50. The molecule has 2 N–H and O–H groups in total. The van der Waals surface area contributed by atoms with Crippen LogP contribution in [0.15, 0.2) is 24.3 Å². The van der Waals surface area contributed by atoms with E-state index >= 15 is 0 Å². The maximum absolute atomic E-state index is 13.1. The number of amides is 1. The van der Waals surface area contributed by atoms with E-state index in [1.54, 1.807) is 24.7 Å². The molecule has 0 unspecified atom stereocenters. The third-order valence-corrected chi connectivity index (χ3v) is 5.00. The molecule has 0 bridgehead atoms. The van der Waals surface area contributed by atoms with Crippen LogP contribution in [0.5, 0.6) is 0 Å². The number of ether oxygens (including phenoxy) is 1. The van der Waals surface area contributed by atoms with Crippen molar-refractivity contribution in [3.63, 3.8) is 0 Å². The van der Waals surface area contributed by atoms with Gasteiger partial charge in [0.25, 0.3) is 0 Å². The first-order chi connectivity index (χ1) is 12.1. The summed E-state index contributed by atoms with van der Waals surface area (Å²) in [6, 6.07) is 6.12. The lowest BCUT2D eigenvalue weighted by molar-refractivity contribution is -0.135. The number of likely N-dealkylation sites (tertiary alicyclic amines) is 1. The van der Waals surface area contributed by atoms with Gasteiger partial charge in [-0.2, -0.15) is 0 Å². The summed E-state index contributed by atoms with van der Waals surface area (Å²) in [6.45, 7) is 2.97. The third-order valence-electron chi connectivity index (χ3n) is 5.00. The Kier molecular flexibility index (Phi) is 8.31. The predicted molar refractivity (Wildman–Crippen MR) is 93.7 cm³/mol. The van der Waals surface area contributed by atoms with Crippen LogP contribution in [0.2, 0.25) is 0 Å². The zero-order valence-corrected chi connectivity index (χ0v) is 14.9. The normalized spacial score (nSPS) is 18.4. The molecular formula is C19H29FN2O3. The van der Waals surface area contributed by atoms with Gasteiger partial charge < -0.3 is 9.64 Å². The second-order valence-electron chi connectivity index (χ2n) is 6.73. The molecule has 0 aliphatic carbocycles. The summed E-state index contributed by atoms with van der Waals surface area (Å²) >= 11 is 0. The van der Waals surface area contributed by atoms with Gasteiger partial charge in [0.15, 0.2) is 0 Å². The van der Waals surface area contributed by atoms with Gasteiger partial charge in [0, 0.05) is 13.0 Å². The predicted octanol–water partition coefficient (Wildman–Crippen LogP) is 3.29. The van der Waals surface area contributed by atoms with Gasteiger partial charge in [-0.3, -0.25) is 10.0 Å². The second-order valence-corrected chi connectivity index (χ2v) is 6.73. The molecule has 1 heterocycles. The Morgan fingerprint density at radius 3 is 2.44 bits per heavy atom. The van der Waals surface area contributed by atoms with E-state index < -0.39 is 0 Å². The van der Waals surface area contributed by atoms with Gasteiger partial charge in [-0.15, -0.1) is 0 Å². The van der Waals surface area contributed by atoms with Gasteiger partial charge in [0.1, 0.15) is 5.82 Å². The molecule has 1 saturated heterocycles. The average Bonchev–Trinajstić information content (AvgIpc) is 2.91. The van der Waals surface area contributed by atoms with Crippen LogP contribution >= 0.6 is 0 Å². The molecule has 1 aromatic rings. The van der Waals surface area contributed by atoms with Crippen LogP contribution in [0.3, 0.4) is 0 Å². The molecule has 25 heavy (non-hydrogen) atoms. The minimum atomic E-state index is -0.390. The minimum absolute atomic E-state index is 0.301. The standard InChI is InChI=1S/C19H29FN2O3/c1-25-18(15-6-8-17(20)9-7-15)14-16(19(23)21-24)10-13-22-11-4-2-3-5-12-22/h6-9,16,18,24H,2-5,10-14H2,1H3,(H,21,23)/t16-,18+/m0/s1. The van der Waals surface area contributed by atoms with Crippen molar-refractivity contribution in [2.45, 2.75) is 44.6 Å². The fourth-order valence-electron chi connectivity index (χ4n) is 3.45.